The summed E-state index contributed by atoms with van der Waals surface area (Å²) in [5.74, 6) is -0.644. The Labute approximate surface area is 179 Å². The Kier molecular flexibility index (Phi) is 5.51. The second kappa shape index (κ2) is 8.10. The number of fused-ring (bicyclic) bond motifs is 1. The molecule has 4 rings (SSSR count). The van der Waals surface area contributed by atoms with Crippen molar-refractivity contribution in [1.29, 1.82) is 0 Å². The molecule has 0 radical (unpaired) electrons. The molecule has 2 unspecified atom stereocenters. The van der Waals surface area contributed by atoms with Gasteiger partial charge in [-0.25, -0.2) is 0 Å². The van der Waals surface area contributed by atoms with Crippen molar-refractivity contribution in [3.63, 3.8) is 0 Å². The van der Waals surface area contributed by atoms with Gasteiger partial charge in [0, 0.05) is 30.2 Å². The van der Waals surface area contributed by atoms with Crippen LogP contribution in [0.2, 0.25) is 5.02 Å². The van der Waals surface area contributed by atoms with Crippen LogP contribution in [0.1, 0.15) is 43.2 Å². The van der Waals surface area contributed by atoms with Crippen LogP contribution in [0.4, 0.5) is 17.5 Å². The van der Waals surface area contributed by atoms with E-state index < -0.39 is 17.4 Å². The van der Waals surface area contributed by atoms with Crippen molar-refractivity contribution in [2.24, 2.45) is 5.92 Å². The van der Waals surface area contributed by atoms with E-state index in [1.807, 2.05) is 11.8 Å². The minimum Gasteiger partial charge on any atom is -0.342 e. The summed E-state index contributed by atoms with van der Waals surface area (Å²) >= 11 is 6.13. The molecule has 2 atom stereocenters. The lowest BCUT2D eigenvalue weighted by Crippen LogP contribution is -2.40. The number of halogens is 1. The lowest BCUT2D eigenvalue weighted by atomic mass is 9.92. The van der Waals surface area contributed by atoms with E-state index in [0.29, 0.717) is 22.6 Å². The monoisotopic (exact) mass is 429 g/mol. The highest BCUT2D eigenvalue weighted by Crippen LogP contribution is 2.31. The van der Waals surface area contributed by atoms with E-state index in [2.05, 4.69) is 27.5 Å². The van der Waals surface area contributed by atoms with E-state index in [0.717, 1.165) is 31.5 Å². The molecule has 0 spiro atoms. The number of H-pyrrole nitrogens is 1. The van der Waals surface area contributed by atoms with Gasteiger partial charge in [-0.3, -0.25) is 19.4 Å². The zero-order chi connectivity index (χ0) is 21.4. The Morgan fingerprint density at radius 3 is 2.87 bits per heavy atom. The Balaban J connectivity index is 1.64. The molecule has 1 aromatic heterocycles. The molecule has 2 amide bonds. The number of aromatic amines is 1. The summed E-state index contributed by atoms with van der Waals surface area (Å²) in [4.78, 5) is 47.4. The molecule has 0 aliphatic carbocycles. The number of rotatable bonds is 3. The first kappa shape index (κ1) is 20.4. The third kappa shape index (κ3) is 4.05. The van der Waals surface area contributed by atoms with Crippen LogP contribution in [-0.2, 0) is 9.59 Å². The fourth-order valence-electron chi connectivity index (χ4n) is 4.01. The van der Waals surface area contributed by atoms with E-state index in [-0.39, 0.29) is 23.7 Å². The first-order chi connectivity index (χ1) is 14.3. The Morgan fingerprint density at radius 1 is 1.33 bits per heavy atom. The van der Waals surface area contributed by atoms with Gasteiger partial charge < -0.3 is 15.5 Å². The van der Waals surface area contributed by atoms with Crippen LogP contribution in [0.25, 0.3) is 0 Å². The molecule has 2 aromatic rings. The molecule has 8 nitrogen and oxygen atoms in total. The van der Waals surface area contributed by atoms with Crippen LogP contribution in [0, 0.1) is 12.8 Å². The molecule has 1 fully saturated rings. The minimum atomic E-state index is -0.931. The number of amides is 2. The average Bonchev–Trinajstić information content (AvgIpc) is 2.69. The normalized spacial score (nSPS) is 21.0. The molecule has 158 valence electrons. The number of benzene rings is 1. The Bertz CT molecular complexity index is 1070. The van der Waals surface area contributed by atoms with Crippen LogP contribution < -0.4 is 21.1 Å². The number of aromatic nitrogens is 2. The molecular weight excluding hydrogens is 406 g/mol. The number of aryl methyl sites for hydroxylation is 1. The molecule has 9 heteroatoms. The van der Waals surface area contributed by atoms with E-state index in [4.69, 9.17) is 11.6 Å². The first-order valence-corrected chi connectivity index (χ1v) is 10.5. The summed E-state index contributed by atoms with van der Waals surface area (Å²) in [7, 11) is 0. The molecule has 3 heterocycles. The SMILES string of the molecule is Cc1ccc(NC(=O)C2CC(=O)Nc3nc(N4CCCC(C)C4)[nH]c(=O)c32)cc1Cl. The molecular formula is C21H24ClN5O3. The average molecular weight is 430 g/mol. The highest BCUT2D eigenvalue weighted by molar-refractivity contribution is 6.31. The van der Waals surface area contributed by atoms with Gasteiger partial charge in [-0.2, -0.15) is 4.98 Å². The van der Waals surface area contributed by atoms with Crippen LogP contribution in [-0.4, -0.2) is 34.9 Å². The van der Waals surface area contributed by atoms with Crippen molar-refractivity contribution in [3.8, 4) is 0 Å². The van der Waals surface area contributed by atoms with Gasteiger partial charge in [0.05, 0.1) is 11.5 Å². The van der Waals surface area contributed by atoms with E-state index in [9.17, 15) is 14.4 Å². The molecule has 0 bridgehead atoms. The molecule has 2 aliphatic heterocycles. The summed E-state index contributed by atoms with van der Waals surface area (Å²) in [5.41, 5.74) is 1.16. The summed E-state index contributed by atoms with van der Waals surface area (Å²) in [5, 5.41) is 5.94. The largest absolute Gasteiger partial charge is 0.342 e. The van der Waals surface area contributed by atoms with Gasteiger partial charge in [0.25, 0.3) is 5.56 Å². The van der Waals surface area contributed by atoms with Crippen LogP contribution >= 0.6 is 11.6 Å². The number of nitrogens with one attached hydrogen (secondary N) is 3. The van der Waals surface area contributed by atoms with Gasteiger partial charge in [0.15, 0.2) is 0 Å². The van der Waals surface area contributed by atoms with Gasteiger partial charge in [0.2, 0.25) is 17.8 Å². The summed E-state index contributed by atoms with van der Waals surface area (Å²) < 4.78 is 0. The van der Waals surface area contributed by atoms with E-state index in [1.165, 1.54) is 0 Å². The van der Waals surface area contributed by atoms with Crippen molar-refractivity contribution in [2.45, 2.75) is 39.0 Å². The summed E-state index contributed by atoms with van der Waals surface area (Å²) in [6, 6.07) is 5.16. The number of carbonyl (C=O) groups is 2. The smallest absolute Gasteiger partial charge is 0.258 e. The summed E-state index contributed by atoms with van der Waals surface area (Å²) in [6.07, 6.45) is 2.02. The lowest BCUT2D eigenvalue weighted by Gasteiger charge is -2.32. The highest BCUT2D eigenvalue weighted by atomic mass is 35.5. The van der Waals surface area contributed by atoms with Crippen molar-refractivity contribution >= 4 is 40.9 Å². The standard InChI is InChI=1S/C21H24ClN5O3/c1-11-4-3-7-27(10-11)21-25-18-17(20(30)26-21)14(9-16(28)24-18)19(29)23-13-6-5-12(2)15(22)8-13/h5-6,8,11,14H,3-4,7,9-10H2,1-2H3,(H,23,29)(H2,24,25,26,28,30). The first-order valence-electron chi connectivity index (χ1n) is 10.1. The van der Waals surface area contributed by atoms with Gasteiger partial charge in [-0.05, 0) is 43.4 Å². The lowest BCUT2D eigenvalue weighted by molar-refractivity contribution is -0.123. The fourth-order valence-corrected chi connectivity index (χ4v) is 4.20. The predicted molar refractivity (Wildman–Crippen MR) is 116 cm³/mol. The van der Waals surface area contributed by atoms with Gasteiger partial charge in [0.1, 0.15) is 5.82 Å². The molecule has 1 aromatic carbocycles. The van der Waals surface area contributed by atoms with Crippen LogP contribution in [0.5, 0.6) is 0 Å². The zero-order valence-electron chi connectivity index (χ0n) is 16.9. The third-order valence-electron chi connectivity index (χ3n) is 5.65. The van der Waals surface area contributed by atoms with Crippen molar-refractivity contribution < 1.29 is 9.59 Å². The number of piperidine rings is 1. The maximum absolute atomic E-state index is 12.9. The number of nitrogens with zero attached hydrogens (tertiary/aromatic N) is 2. The molecule has 2 aliphatic rings. The molecule has 0 saturated carbocycles. The van der Waals surface area contributed by atoms with E-state index in [1.54, 1.807) is 18.2 Å². The maximum Gasteiger partial charge on any atom is 0.258 e. The second-order valence-corrected chi connectivity index (χ2v) is 8.51. The second-order valence-electron chi connectivity index (χ2n) is 8.10. The number of hydrogen-bond acceptors (Lipinski definition) is 5. The van der Waals surface area contributed by atoms with E-state index >= 15 is 0 Å². The predicted octanol–water partition coefficient (Wildman–Crippen LogP) is 3.03. The Hall–Kier alpha value is -2.87. The van der Waals surface area contributed by atoms with Crippen molar-refractivity contribution in [1.82, 2.24) is 9.97 Å². The topological polar surface area (TPSA) is 107 Å². The van der Waals surface area contributed by atoms with Crippen LogP contribution in [0.15, 0.2) is 23.0 Å². The minimum absolute atomic E-state index is 0.122. The van der Waals surface area contributed by atoms with Crippen LogP contribution in [0.3, 0.4) is 0 Å². The van der Waals surface area contributed by atoms with Crippen molar-refractivity contribution in [2.75, 3.05) is 28.6 Å². The van der Waals surface area contributed by atoms with Gasteiger partial charge in [-0.1, -0.05) is 24.6 Å². The van der Waals surface area contributed by atoms with Gasteiger partial charge >= 0.3 is 0 Å². The Morgan fingerprint density at radius 2 is 2.13 bits per heavy atom. The summed E-state index contributed by atoms with van der Waals surface area (Å²) in [6.45, 7) is 5.59. The molecule has 1 saturated heterocycles. The molecule has 30 heavy (non-hydrogen) atoms. The fraction of sp³-hybridized carbons (Fsp3) is 0.429. The number of carbonyl (C=O) groups excluding carboxylic acids is 2. The third-order valence-corrected chi connectivity index (χ3v) is 6.06. The molecule has 3 N–H and O–H groups in total. The maximum atomic E-state index is 12.9. The quantitative estimate of drug-likeness (QED) is 0.695. The number of anilines is 3. The van der Waals surface area contributed by atoms with Crippen molar-refractivity contribution in [3.05, 3.63) is 44.7 Å². The highest BCUT2D eigenvalue weighted by Gasteiger charge is 2.35. The zero-order valence-corrected chi connectivity index (χ0v) is 17.7. The van der Waals surface area contributed by atoms with Gasteiger partial charge in [-0.15, -0.1) is 0 Å². The number of hydrogen-bond donors (Lipinski definition) is 3.